The van der Waals surface area contributed by atoms with Crippen LogP contribution < -0.4 is 19.8 Å². The van der Waals surface area contributed by atoms with Gasteiger partial charge in [0, 0.05) is 26.8 Å². The Bertz CT molecular complexity index is 2050. The van der Waals surface area contributed by atoms with Crippen molar-refractivity contribution >= 4 is 69.8 Å². The molecule has 3 heterocycles. The summed E-state index contributed by atoms with van der Waals surface area (Å²) in [6.45, 7) is 1.76. The van der Waals surface area contributed by atoms with Crippen molar-refractivity contribution in [3.8, 4) is 5.75 Å². The average molecular weight is 716 g/mol. The number of aromatic nitrogens is 1. The van der Waals surface area contributed by atoms with E-state index in [4.69, 9.17) is 21.1 Å². The number of imide groups is 1. The number of hydrogen-bond donors (Lipinski definition) is 2. The van der Waals surface area contributed by atoms with Crippen LogP contribution in [-0.2, 0) is 19.1 Å². The van der Waals surface area contributed by atoms with Crippen LogP contribution in [0.2, 0.25) is 5.02 Å². The van der Waals surface area contributed by atoms with Crippen molar-refractivity contribution < 1.29 is 28.7 Å². The van der Waals surface area contributed by atoms with Crippen LogP contribution in [-0.4, -0.2) is 47.1 Å². The zero-order chi connectivity index (χ0) is 34.0. The molecule has 13 heteroatoms. The monoisotopic (exact) mass is 715 g/mol. The first-order chi connectivity index (χ1) is 23.7. The molecule has 0 radical (unpaired) electrons. The number of nitrogens with one attached hydrogen (secondary N) is 2. The van der Waals surface area contributed by atoms with E-state index in [1.807, 2.05) is 18.2 Å². The molecule has 2 aliphatic carbocycles. The molecule has 4 aromatic rings. The Morgan fingerprint density at radius 3 is 2.45 bits per heavy atom. The summed E-state index contributed by atoms with van der Waals surface area (Å²) >= 11 is 8.90. The van der Waals surface area contributed by atoms with Gasteiger partial charge in [0.1, 0.15) is 5.75 Å². The Hall–Kier alpha value is -4.39. The molecule has 2 N–H and O–H groups in total. The number of aromatic amines is 1. The van der Waals surface area contributed by atoms with Crippen LogP contribution >= 0.6 is 34.7 Å². The number of anilines is 2. The van der Waals surface area contributed by atoms with E-state index in [-0.39, 0.29) is 64.7 Å². The summed E-state index contributed by atoms with van der Waals surface area (Å²) in [5.74, 6) is -1.68. The Morgan fingerprint density at radius 2 is 1.71 bits per heavy atom. The number of thioether (sulfide) groups is 1. The number of nitrogens with zero attached hydrogens (tertiary/aromatic N) is 1. The Balaban J connectivity index is 1.03. The van der Waals surface area contributed by atoms with E-state index in [0.717, 1.165) is 21.9 Å². The van der Waals surface area contributed by atoms with Gasteiger partial charge in [-0.15, -0.1) is 11.8 Å². The number of rotatable bonds is 8. The van der Waals surface area contributed by atoms with Gasteiger partial charge in [-0.2, -0.15) is 0 Å². The SMILES string of the molecule is CCOC(=O)c1ccc(NC(=O)COc2cccc([C@H]3c4sc(=O)[nH]c4SC4C5CC(C6C(=O)N(c7ccc(Cl)cc7)C(=O)C56)C43)c2)cc1. The van der Waals surface area contributed by atoms with Gasteiger partial charge in [-0.05, 0) is 97.3 Å². The summed E-state index contributed by atoms with van der Waals surface area (Å²) < 4.78 is 10.9. The van der Waals surface area contributed by atoms with E-state index in [0.29, 0.717) is 27.7 Å². The first kappa shape index (κ1) is 31.9. The van der Waals surface area contributed by atoms with E-state index < -0.39 is 17.8 Å². The molecule has 2 saturated carbocycles. The predicted octanol–water partition coefficient (Wildman–Crippen LogP) is 5.96. The summed E-state index contributed by atoms with van der Waals surface area (Å²) in [4.78, 5) is 70.3. The van der Waals surface area contributed by atoms with Crippen LogP contribution in [0.1, 0.15) is 40.1 Å². The topological polar surface area (TPSA) is 135 Å². The molecule has 1 aromatic heterocycles. The Kier molecular flexibility index (Phi) is 8.12. The minimum Gasteiger partial charge on any atom is -0.484 e. The van der Waals surface area contributed by atoms with Gasteiger partial charge in [0.15, 0.2) is 6.61 Å². The molecule has 2 bridgehead atoms. The van der Waals surface area contributed by atoms with Gasteiger partial charge >= 0.3 is 10.8 Å². The maximum atomic E-state index is 14.0. The second kappa shape index (κ2) is 12.5. The molecule has 4 aliphatic rings. The van der Waals surface area contributed by atoms with Gasteiger partial charge in [0.05, 0.1) is 34.7 Å². The third kappa shape index (κ3) is 5.46. The normalized spacial score (nSPS) is 26.2. The van der Waals surface area contributed by atoms with Crippen LogP contribution in [0.15, 0.2) is 82.6 Å². The molecule has 10 nitrogen and oxygen atoms in total. The molecule has 7 atom stereocenters. The van der Waals surface area contributed by atoms with Crippen molar-refractivity contribution in [2.24, 2.45) is 29.6 Å². The molecule has 49 heavy (non-hydrogen) atoms. The second-order valence-electron chi connectivity index (χ2n) is 12.7. The molecule has 8 rings (SSSR count). The molecule has 3 aromatic carbocycles. The summed E-state index contributed by atoms with van der Waals surface area (Å²) in [6, 6.07) is 20.7. The van der Waals surface area contributed by atoms with E-state index in [2.05, 4.69) is 10.3 Å². The van der Waals surface area contributed by atoms with E-state index in [1.165, 1.54) is 16.2 Å². The average Bonchev–Trinajstić information content (AvgIpc) is 3.83. The summed E-state index contributed by atoms with van der Waals surface area (Å²) in [5, 5.41) is 4.16. The predicted molar refractivity (Wildman–Crippen MR) is 185 cm³/mol. The number of carbonyl (C=O) groups excluding carboxylic acids is 4. The van der Waals surface area contributed by atoms with Crippen LogP contribution in [0, 0.1) is 29.6 Å². The first-order valence-corrected chi connectivity index (χ1v) is 18.1. The number of hydrogen-bond acceptors (Lipinski definition) is 9. The highest BCUT2D eigenvalue weighted by atomic mass is 35.5. The lowest BCUT2D eigenvalue weighted by atomic mass is 9.68. The maximum Gasteiger partial charge on any atom is 0.338 e. The minimum absolute atomic E-state index is 0.00714. The standard InChI is InChI=1S/C36H30ClN3O7S2/c1-2-46-35(44)17-6-10-20(11-7-17)38-25(41)16-47-22-5-3-4-18(14-22)26-27-23-15-24(30(27)48-32-31(26)49-36(45)39-32)29-28(23)33(42)40(34(29)43)21-12-8-19(37)9-13-21/h3-14,23-24,26-30H,2,15-16H2,1H3,(H,38,41)(H,39,45)/t23?,24?,26-,27?,28?,29?,30?/m1/s1. The molecule has 2 aliphatic heterocycles. The van der Waals surface area contributed by atoms with Gasteiger partial charge in [0.2, 0.25) is 11.8 Å². The smallest absolute Gasteiger partial charge is 0.338 e. The number of ether oxygens (including phenoxy) is 2. The fourth-order valence-electron chi connectivity index (χ4n) is 8.28. The van der Waals surface area contributed by atoms with Crippen molar-refractivity contribution in [2.75, 3.05) is 23.4 Å². The summed E-state index contributed by atoms with van der Waals surface area (Å²) in [6.07, 6.45) is 0.774. The van der Waals surface area contributed by atoms with Gasteiger partial charge < -0.3 is 19.8 Å². The fraction of sp³-hybridized carbons (Fsp3) is 0.306. The molecule has 3 fully saturated rings. The van der Waals surface area contributed by atoms with Crippen LogP contribution in [0.4, 0.5) is 11.4 Å². The Morgan fingerprint density at radius 1 is 0.980 bits per heavy atom. The highest BCUT2D eigenvalue weighted by molar-refractivity contribution is 8.00. The number of H-pyrrole nitrogens is 1. The number of carbonyl (C=O) groups is 4. The zero-order valence-corrected chi connectivity index (χ0v) is 28.5. The molecule has 6 unspecified atom stereocenters. The quantitative estimate of drug-likeness (QED) is 0.169. The lowest BCUT2D eigenvalue weighted by molar-refractivity contribution is -0.123. The van der Waals surface area contributed by atoms with E-state index >= 15 is 0 Å². The van der Waals surface area contributed by atoms with Crippen molar-refractivity contribution in [1.29, 1.82) is 0 Å². The number of fused-ring (bicyclic) bond motifs is 9. The van der Waals surface area contributed by atoms with Crippen molar-refractivity contribution in [3.05, 3.63) is 103 Å². The highest BCUT2D eigenvalue weighted by Gasteiger charge is 2.69. The van der Waals surface area contributed by atoms with Crippen LogP contribution in [0.3, 0.4) is 0 Å². The number of esters is 1. The van der Waals surface area contributed by atoms with Crippen molar-refractivity contribution in [3.63, 3.8) is 0 Å². The number of halogens is 1. The third-order valence-corrected chi connectivity index (χ3v) is 12.9. The molecule has 0 spiro atoms. The van der Waals surface area contributed by atoms with E-state index in [1.54, 1.807) is 73.3 Å². The van der Waals surface area contributed by atoms with Crippen molar-refractivity contribution in [1.82, 2.24) is 4.98 Å². The first-order valence-electron chi connectivity index (χ1n) is 16.0. The second-order valence-corrected chi connectivity index (χ2v) is 15.3. The van der Waals surface area contributed by atoms with Gasteiger partial charge in [0.25, 0.3) is 5.91 Å². The lowest BCUT2D eigenvalue weighted by Gasteiger charge is -2.43. The lowest BCUT2D eigenvalue weighted by Crippen LogP contribution is -2.42. The maximum absolute atomic E-state index is 14.0. The minimum atomic E-state index is -0.431. The van der Waals surface area contributed by atoms with Gasteiger partial charge in [-0.3, -0.25) is 24.1 Å². The van der Waals surface area contributed by atoms with E-state index in [9.17, 15) is 24.0 Å². The number of benzene rings is 3. The molecule has 1 saturated heterocycles. The van der Waals surface area contributed by atoms with Gasteiger partial charge in [-0.1, -0.05) is 35.1 Å². The molecule has 250 valence electrons. The van der Waals surface area contributed by atoms with Gasteiger partial charge in [-0.25, -0.2) is 4.79 Å². The Labute approximate surface area is 294 Å². The van der Waals surface area contributed by atoms with Crippen LogP contribution in [0.5, 0.6) is 5.75 Å². The zero-order valence-electron chi connectivity index (χ0n) is 26.1. The summed E-state index contributed by atoms with van der Waals surface area (Å²) in [7, 11) is 0. The summed E-state index contributed by atoms with van der Waals surface area (Å²) in [5.41, 5.74) is 2.36. The molecular formula is C36H30ClN3O7S2. The third-order valence-electron chi connectivity index (χ3n) is 10.1. The number of thiazole rings is 1. The molecular weight excluding hydrogens is 686 g/mol. The number of amides is 3. The molecule has 3 amide bonds. The van der Waals surface area contributed by atoms with Crippen molar-refractivity contribution in [2.45, 2.75) is 29.5 Å². The largest absolute Gasteiger partial charge is 0.484 e. The fourth-order valence-corrected chi connectivity index (χ4v) is 11.3. The van der Waals surface area contributed by atoms with Crippen LogP contribution in [0.25, 0.3) is 0 Å². The highest BCUT2D eigenvalue weighted by Crippen LogP contribution is 2.68.